The van der Waals surface area contributed by atoms with E-state index in [4.69, 9.17) is 9.47 Å². The van der Waals surface area contributed by atoms with E-state index in [-0.39, 0.29) is 24.0 Å². The lowest BCUT2D eigenvalue weighted by molar-refractivity contribution is 0.0756. The first-order valence-corrected chi connectivity index (χ1v) is 13.0. The summed E-state index contributed by atoms with van der Waals surface area (Å²) in [5, 5.41) is 5.50. The summed E-state index contributed by atoms with van der Waals surface area (Å²) in [4.78, 5) is 49.2. The summed E-state index contributed by atoms with van der Waals surface area (Å²) in [5.41, 5.74) is 0.785. The largest absolute Gasteiger partial charge is 0.456 e. The second kappa shape index (κ2) is 11.0. The zero-order valence-corrected chi connectivity index (χ0v) is 21.6. The van der Waals surface area contributed by atoms with Crippen LogP contribution in [-0.4, -0.2) is 55.9 Å². The van der Waals surface area contributed by atoms with Gasteiger partial charge >= 0.3 is 6.03 Å². The summed E-state index contributed by atoms with van der Waals surface area (Å²) < 4.78 is 14.7. The highest BCUT2D eigenvalue weighted by atomic mass is 16.5. The van der Waals surface area contributed by atoms with Crippen LogP contribution in [0.5, 0.6) is 11.5 Å². The van der Waals surface area contributed by atoms with Crippen LogP contribution in [-0.2, 0) is 17.9 Å². The Bertz CT molecular complexity index is 1590. The van der Waals surface area contributed by atoms with Gasteiger partial charge in [-0.05, 0) is 43.2 Å². The molecule has 12 nitrogen and oxygen atoms in total. The number of amides is 3. The van der Waals surface area contributed by atoms with Crippen LogP contribution in [0.4, 0.5) is 16.4 Å². The van der Waals surface area contributed by atoms with E-state index in [1.807, 2.05) is 30.3 Å². The number of benzene rings is 1. The maximum absolute atomic E-state index is 13.4. The van der Waals surface area contributed by atoms with Gasteiger partial charge in [0.05, 0.1) is 37.3 Å². The minimum Gasteiger partial charge on any atom is -0.456 e. The predicted octanol–water partition coefficient (Wildman–Crippen LogP) is 3.63. The molecule has 204 valence electrons. The molecule has 3 aromatic heterocycles. The van der Waals surface area contributed by atoms with E-state index in [1.54, 1.807) is 40.0 Å². The third-order valence-corrected chi connectivity index (χ3v) is 6.74. The van der Waals surface area contributed by atoms with E-state index in [0.29, 0.717) is 41.8 Å². The molecule has 0 atom stereocenters. The number of nitrogens with one attached hydrogen (secondary N) is 2. The molecule has 40 heavy (non-hydrogen) atoms. The number of hydrogen-bond acceptors (Lipinski definition) is 7. The highest BCUT2D eigenvalue weighted by Gasteiger charge is 2.28. The monoisotopic (exact) mass is 541 g/mol. The van der Waals surface area contributed by atoms with Crippen molar-refractivity contribution in [2.24, 2.45) is 0 Å². The lowest BCUT2D eigenvalue weighted by atomic mass is 10.2. The molecular formula is C28H27N7O5. The normalized spacial score (nSPS) is 14.4. The van der Waals surface area contributed by atoms with Gasteiger partial charge in [0.25, 0.3) is 11.5 Å². The van der Waals surface area contributed by atoms with Crippen molar-refractivity contribution >= 4 is 23.6 Å². The Balaban J connectivity index is 1.15. The van der Waals surface area contributed by atoms with Crippen molar-refractivity contribution in [1.29, 1.82) is 0 Å². The molecule has 6 rings (SSSR count). The fourth-order valence-corrected chi connectivity index (χ4v) is 4.83. The molecule has 2 aliphatic rings. The predicted molar refractivity (Wildman–Crippen MR) is 146 cm³/mol. The van der Waals surface area contributed by atoms with E-state index in [9.17, 15) is 14.4 Å². The van der Waals surface area contributed by atoms with Crippen LogP contribution >= 0.6 is 0 Å². The number of carbonyl (C=O) groups is 2. The fraction of sp³-hybridized carbons (Fsp3) is 0.250. The SMILES string of the molecule is O=C(Nc1ccc(Oc2ccnc(NC(=O)N3CCCC3)c2)cn1)c1c2n(n(-c3ccccc3)c1=O)CCOC2. The number of pyridine rings is 2. The topological polar surface area (TPSA) is 133 Å². The van der Waals surface area contributed by atoms with Crippen molar-refractivity contribution in [2.75, 3.05) is 30.3 Å². The van der Waals surface area contributed by atoms with Gasteiger partial charge in [-0.1, -0.05) is 18.2 Å². The number of likely N-dealkylation sites (tertiary alicyclic amines) is 1. The summed E-state index contributed by atoms with van der Waals surface area (Å²) in [6.45, 7) is 2.53. The average molecular weight is 542 g/mol. The minimum atomic E-state index is -0.567. The maximum Gasteiger partial charge on any atom is 0.323 e. The van der Waals surface area contributed by atoms with Gasteiger partial charge in [0, 0.05) is 25.4 Å². The summed E-state index contributed by atoms with van der Waals surface area (Å²) in [5.74, 6) is 0.956. The van der Waals surface area contributed by atoms with Crippen molar-refractivity contribution < 1.29 is 19.1 Å². The third-order valence-electron chi connectivity index (χ3n) is 6.74. The van der Waals surface area contributed by atoms with Crippen LogP contribution in [0.25, 0.3) is 5.69 Å². The summed E-state index contributed by atoms with van der Waals surface area (Å²) in [7, 11) is 0. The maximum atomic E-state index is 13.4. The molecule has 0 radical (unpaired) electrons. The summed E-state index contributed by atoms with van der Waals surface area (Å²) in [6.07, 6.45) is 5.00. The number of rotatable bonds is 6. The van der Waals surface area contributed by atoms with Crippen molar-refractivity contribution in [3.63, 3.8) is 0 Å². The van der Waals surface area contributed by atoms with E-state index in [2.05, 4.69) is 20.6 Å². The van der Waals surface area contributed by atoms with Gasteiger partial charge in [-0.3, -0.25) is 19.6 Å². The number of fused-ring (bicyclic) bond motifs is 1. The first kappa shape index (κ1) is 25.3. The van der Waals surface area contributed by atoms with Gasteiger partial charge in [0.1, 0.15) is 28.7 Å². The molecule has 12 heteroatoms. The number of carbonyl (C=O) groups excluding carboxylic acids is 2. The van der Waals surface area contributed by atoms with Gasteiger partial charge < -0.3 is 19.7 Å². The number of nitrogens with zero attached hydrogens (tertiary/aromatic N) is 5. The Morgan fingerprint density at radius 2 is 1.73 bits per heavy atom. The molecule has 1 fully saturated rings. The standard InChI is InChI=1S/C28H27N7O5/c36-26(25-22-18-39-15-14-34(22)35(27(25)37)19-6-2-1-3-7-19)31-23-9-8-21(17-30-23)40-20-10-11-29-24(16-20)32-28(38)33-12-4-5-13-33/h1-3,6-11,16-17H,4-5,12-15,18H2,(H,29,32,38)(H,30,31,36). The highest BCUT2D eigenvalue weighted by Crippen LogP contribution is 2.24. The van der Waals surface area contributed by atoms with E-state index < -0.39 is 11.5 Å². The second-order valence-corrected chi connectivity index (χ2v) is 9.39. The molecule has 0 spiro atoms. The van der Waals surface area contributed by atoms with Gasteiger partial charge in [-0.15, -0.1) is 0 Å². The van der Waals surface area contributed by atoms with Crippen molar-refractivity contribution in [3.8, 4) is 17.2 Å². The number of ether oxygens (including phenoxy) is 2. The first-order valence-electron chi connectivity index (χ1n) is 13.0. The molecule has 1 saturated heterocycles. The van der Waals surface area contributed by atoms with Crippen LogP contribution in [0.2, 0.25) is 0 Å². The molecule has 1 aromatic carbocycles. The lowest BCUT2D eigenvalue weighted by Gasteiger charge is -2.19. The number of aromatic nitrogens is 4. The number of hydrogen-bond donors (Lipinski definition) is 2. The number of anilines is 2. The second-order valence-electron chi connectivity index (χ2n) is 9.39. The Morgan fingerprint density at radius 1 is 0.900 bits per heavy atom. The summed E-state index contributed by atoms with van der Waals surface area (Å²) >= 11 is 0. The fourth-order valence-electron chi connectivity index (χ4n) is 4.83. The zero-order chi connectivity index (χ0) is 27.5. The van der Waals surface area contributed by atoms with Crippen molar-refractivity contribution in [1.82, 2.24) is 24.2 Å². The molecule has 0 saturated carbocycles. The lowest BCUT2D eigenvalue weighted by Crippen LogP contribution is -2.32. The van der Waals surface area contributed by atoms with Crippen LogP contribution in [0.15, 0.2) is 71.8 Å². The molecule has 0 unspecified atom stereocenters. The Kier molecular flexibility index (Phi) is 6.98. The Hall–Kier alpha value is -4.97. The molecule has 0 bridgehead atoms. The first-order chi connectivity index (χ1) is 19.6. The smallest absolute Gasteiger partial charge is 0.323 e. The Morgan fingerprint density at radius 3 is 2.50 bits per heavy atom. The Labute approximate surface area is 229 Å². The molecule has 2 aliphatic heterocycles. The van der Waals surface area contributed by atoms with Crippen LogP contribution in [0, 0.1) is 0 Å². The van der Waals surface area contributed by atoms with E-state index in [1.165, 1.54) is 10.9 Å². The quantitative estimate of drug-likeness (QED) is 0.381. The van der Waals surface area contributed by atoms with Gasteiger partial charge in [0.15, 0.2) is 0 Å². The van der Waals surface area contributed by atoms with Crippen LogP contribution in [0.3, 0.4) is 0 Å². The molecule has 2 N–H and O–H groups in total. The molecule has 0 aliphatic carbocycles. The molecule has 3 amide bonds. The van der Waals surface area contributed by atoms with Crippen LogP contribution < -0.4 is 20.9 Å². The van der Waals surface area contributed by atoms with Gasteiger partial charge in [-0.25, -0.2) is 19.4 Å². The van der Waals surface area contributed by atoms with Gasteiger partial charge in [0.2, 0.25) is 0 Å². The van der Waals surface area contributed by atoms with Crippen LogP contribution in [0.1, 0.15) is 28.9 Å². The number of para-hydroxylation sites is 1. The minimum absolute atomic E-state index is 0.0194. The van der Waals surface area contributed by atoms with Gasteiger partial charge in [-0.2, -0.15) is 0 Å². The zero-order valence-electron chi connectivity index (χ0n) is 21.6. The molecular weight excluding hydrogens is 514 g/mol. The third kappa shape index (κ3) is 5.16. The van der Waals surface area contributed by atoms with E-state index in [0.717, 1.165) is 25.9 Å². The van der Waals surface area contributed by atoms with Crippen molar-refractivity contribution in [2.45, 2.75) is 26.0 Å². The molecule has 4 aromatic rings. The highest BCUT2D eigenvalue weighted by molar-refractivity contribution is 6.04. The molecule has 5 heterocycles. The number of urea groups is 1. The summed E-state index contributed by atoms with van der Waals surface area (Å²) in [6, 6.07) is 15.5. The van der Waals surface area contributed by atoms with Crippen molar-refractivity contribution in [3.05, 3.63) is 88.6 Å². The average Bonchev–Trinajstić information content (AvgIpc) is 3.61. The van der Waals surface area contributed by atoms with E-state index >= 15 is 0 Å².